The van der Waals surface area contributed by atoms with Crippen molar-refractivity contribution in [3.8, 4) is 11.3 Å². The van der Waals surface area contributed by atoms with Crippen molar-refractivity contribution in [1.82, 2.24) is 35.3 Å². The Morgan fingerprint density at radius 2 is 1.88 bits per heavy atom. The third kappa shape index (κ3) is 8.82. The molecule has 4 aliphatic heterocycles. The fourth-order valence-corrected chi connectivity index (χ4v) is 9.83. The summed E-state index contributed by atoms with van der Waals surface area (Å²) >= 11 is 0. The molecule has 4 N–H and O–H groups in total. The normalized spacial score (nSPS) is 23.0. The van der Waals surface area contributed by atoms with Gasteiger partial charge in [-0.1, -0.05) is 32.4 Å². The molecule has 0 unspecified atom stereocenters. The van der Waals surface area contributed by atoms with Crippen molar-refractivity contribution in [2.24, 2.45) is 5.41 Å². The highest BCUT2D eigenvalue weighted by molar-refractivity contribution is 5.95. The number of carboxylic acid groups (broad SMARTS) is 1. The molecule has 2 aromatic heterocycles. The molecule has 3 atom stereocenters. The minimum absolute atomic E-state index is 0.0233. The van der Waals surface area contributed by atoms with Gasteiger partial charge in [-0.3, -0.25) is 14.8 Å². The van der Waals surface area contributed by atoms with Gasteiger partial charge in [0.15, 0.2) is 0 Å². The van der Waals surface area contributed by atoms with Crippen molar-refractivity contribution in [3.63, 3.8) is 0 Å². The van der Waals surface area contributed by atoms with Crippen LogP contribution in [0, 0.1) is 5.41 Å². The van der Waals surface area contributed by atoms with Crippen molar-refractivity contribution in [2.75, 3.05) is 64.4 Å². The number of hydrogen-bond acceptors (Lipinski definition) is 11. The smallest absolute Gasteiger partial charge is 0.423 e. The van der Waals surface area contributed by atoms with Gasteiger partial charge in [-0.05, 0) is 120 Å². The summed E-state index contributed by atoms with van der Waals surface area (Å²) in [7, 11) is 1.73. The molecule has 0 saturated carbocycles. The number of carbonyl (C=O) groups excluding carboxylic acids is 1. The second-order valence-corrected chi connectivity index (χ2v) is 19.0. The van der Waals surface area contributed by atoms with Crippen molar-refractivity contribution < 1.29 is 29.3 Å². The van der Waals surface area contributed by atoms with Crippen molar-refractivity contribution in [3.05, 3.63) is 53.4 Å². The third-order valence-electron chi connectivity index (χ3n) is 13.0. The number of hydrogen-bond donors (Lipinski definition) is 4. The topological polar surface area (TPSA) is 148 Å². The first-order chi connectivity index (χ1) is 28.6. The standard InChI is InChI=1S/C46H68N8O6/c1-9-53-39-17-16-32(33-14-12-21-52(28-33)46(42(56)57)18-13-19-48-54(46)49-43(58)60-44(3,4)5)24-36(39)38(26-45(6,7)30-55)41(53)37-25-35(27-47-40(37)31(2)59-8)51-23-22-50-20-11-10-15-34(50)29-51/h14,16-17,24-25,27,31,34,48,55H,9-13,15,18-23,26,28-30H2,1-8H3,(H,49,58)(H,56,57)/t31-,34+,46-/m0/s1. The summed E-state index contributed by atoms with van der Waals surface area (Å²) in [6.45, 7) is 20.1. The first-order valence-corrected chi connectivity index (χ1v) is 22.1. The van der Waals surface area contributed by atoms with E-state index in [0.29, 0.717) is 51.4 Å². The molecule has 0 radical (unpaired) electrons. The first kappa shape index (κ1) is 44.0. The number of aryl methyl sites for hydroxylation is 1. The zero-order chi connectivity index (χ0) is 43.0. The molecule has 4 aliphatic rings. The van der Waals surface area contributed by atoms with Gasteiger partial charge in [0.1, 0.15) is 5.60 Å². The van der Waals surface area contributed by atoms with Crippen LogP contribution in [-0.2, 0) is 27.2 Å². The second kappa shape index (κ2) is 17.7. The molecule has 60 heavy (non-hydrogen) atoms. The number of hydrazine groups is 2. The molecule has 0 aliphatic carbocycles. The Hall–Kier alpha value is -4.05. The Bertz CT molecular complexity index is 2070. The van der Waals surface area contributed by atoms with E-state index in [1.54, 1.807) is 27.9 Å². The van der Waals surface area contributed by atoms with Gasteiger partial charge < -0.3 is 29.2 Å². The minimum atomic E-state index is -1.54. The number of fused-ring (bicyclic) bond motifs is 2. The van der Waals surface area contributed by atoms with Crippen molar-refractivity contribution in [1.29, 1.82) is 0 Å². The first-order valence-electron chi connectivity index (χ1n) is 22.1. The number of rotatable bonds is 12. The Morgan fingerprint density at radius 1 is 1.08 bits per heavy atom. The predicted molar refractivity (Wildman–Crippen MR) is 235 cm³/mol. The van der Waals surface area contributed by atoms with E-state index in [1.165, 1.54) is 30.9 Å². The number of methoxy groups -OCH3 is 1. The zero-order valence-electron chi connectivity index (χ0n) is 37.1. The van der Waals surface area contributed by atoms with E-state index in [0.717, 1.165) is 76.4 Å². The van der Waals surface area contributed by atoms with Gasteiger partial charge in [0.2, 0.25) is 5.66 Å². The molecular formula is C46H68N8O6. The molecule has 0 bridgehead atoms. The average Bonchev–Trinajstić information content (AvgIpc) is 3.53. The number of anilines is 1. The van der Waals surface area contributed by atoms with Crippen LogP contribution in [0.1, 0.15) is 110 Å². The van der Waals surface area contributed by atoms with E-state index in [1.807, 2.05) is 11.1 Å². The lowest BCUT2D eigenvalue weighted by molar-refractivity contribution is -0.188. The lowest BCUT2D eigenvalue weighted by Gasteiger charge is -2.50. The number of nitrogens with zero attached hydrogens (tertiary/aromatic N) is 6. The summed E-state index contributed by atoms with van der Waals surface area (Å²) in [6, 6.07) is 9.48. The summed E-state index contributed by atoms with van der Waals surface area (Å²) in [5.41, 5.74) is 11.6. The largest absolute Gasteiger partial charge is 0.479 e. The summed E-state index contributed by atoms with van der Waals surface area (Å²) < 4.78 is 13.9. The number of ether oxygens (including phenoxy) is 2. The van der Waals surface area contributed by atoms with Crippen LogP contribution in [0.4, 0.5) is 10.5 Å². The Labute approximate surface area is 355 Å². The molecule has 14 heteroatoms. The number of benzene rings is 1. The fourth-order valence-electron chi connectivity index (χ4n) is 9.83. The molecular weight excluding hydrogens is 761 g/mol. The molecule has 3 saturated heterocycles. The van der Waals surface area contributed by atoms with Gasteiger partial charge in [-0.2, -0.15) is 0 Å². The van der Waals surface area contributed by atoms with Crippen molar-refractivity contribution >= 4 is 34.2 Å². The number of nitrogens with one attached hydrogen (secondary N) is 2. The van der Waals surface area contributed by atoms with Crippen LogP contribution in [-0.4, -0.2) is 124 Å². The number of piperidine rings is 1. The molecule has 1 amide bonds. The number of carboxylic acids is 1. The summed E-state index contributed by atoms with van der Waals surface area (Å²) in [4.78, 5) is 38.7. The number of aliphatic hydroxyl groups is 1. The maximum atomic E-state index is 13.4. The summed E-state index contributed by atoms with van der Waals surface area (Å²) in [6.07, 6.45) is 9.26. The molecule has 14 nitrogen and oxygen atoms in total. The van der Waals surface area contributed by atoms with Crippen LogP contribution in [0.25, 0.3) is 27.7 Å². The van der Waals surface area contributed by atoms with Crippen molar-refractivity contribution in [2.45, 2.75) is 123 Å². The van der Waals surface area contributed by atoms with Crippen LogP contribution >= 0.6 is 0 Å². The lowest BCUT2D eigenvalue weighted by Crippen LogP contribution is -2.76. The number of aliphatic carboxylic acids is 1. The number of carbonyl (C=O) groups is 2. The van der Waals surface area contributed by atoms with Gasteiger partial charge in [0.05, 0.1) is 29.4 Å². The SMILES string of the molecule is CCn1c(-c2cc(N3CCN4CCCC[C@@H]4C3)cnc2[C@H](C)OC)c(CC(C)(C)CO)c2cc(C3=CCCN([C@@]4(C(=O)O)CCCNN4NC(=O)OC(C)(C)C)C3)ccc21. The number of aliphatic hydroxyl groups excluding tert-OH is 1. The minimum Gasteiger partial charge on any atom is -0.479 e. The summed E-state index contributed by atoms with van der Waals surface area (Å²) in [5.74, 6) is -1.04. The van der Waals surface area contributed by atoms with E-state index in [9.17, 15) is 19.8 Å². The van der Waals surface area contributed by atoms with Gasteiger partial charge in [0, 0.05) is 82.0 Å². The zero-order valence-corrected chi connectivity index (χ0v) is 37.1. The number of piperazine rings is 1. The highest BCUT2D eigenvalue weighted by atomic mass is 16.6. The monoisotopic (exact) mass is 829 g/mol. The molecule has 0 spiro atoms. The molecule has 328 valence electrons. The van der Waals surface area contributed by atoms with Crippen LogP contribution in [0.15, 0.2) is 36.5 Å². The quantitative estimate of drug-likeness (QED) is 0.157. The maximum absolute atomic E-state index is 13.4. The highest BCUT2D eigenvalue weighted by Crippen LogP contribution is 2.43. The third-order valence-corrected chi connectivity index (χ3v) is 13.0. The Kier molecular flexibility index (Phi) is 13.0. The van der Waals surface area contributed by atoms with Gasteiger partial charge in [-0.25, -0.2) is 20.4 Å². The number of aromatic nitrogens is 2. The molecule has 6 heterocycles. The Morgan fingerprint density at radius 3 is 2.60 bits per heavy atom. The fraction of sp³-hybridized carbons (Fsp3) is 0.630. The average molecular weight is 829 g/mol. The number of amides is 1. The van der Waals surface area contributed by atoms with Gasteiger partial charge in [-0.15, -0.1) is 5.12 Å². The molecule has 3 aromatic rings. The van der Waals surface area contributed by atoms with Gasteiger partial charge >= 0.3 is 12.1 Å². The van der Waals surface area contributed by atoms with E-state index >= 15 is 0 Å². The van der Waals surface area contributed by atoms with E-state index in [4.69, 9.17) is 14.5 Å². The second-order valence-electron chi connectivity index (χ2n) is 19.0. The molecule has 3 fully saturated rings. The van der Waals surface area contributed by atoms with Crippen LogP contribution in [0.2, 0.25) is 0 Å². The van der Waals surface area contributed by atoms with E-state index in [-0.39, 0.29) is 12.7 Å². The molecule has 7 rings (SSSR count). The molecule has 1 aromatic carbocycles. The Balaban J connectivity index is 1.30. The number of pyridine rings is 1. The van der Waals surface area contributed by atoms with E-state index in [2.05, 4.69) is 83.3 Å². The van der Waals surface area contributed by atoms with Crippen LogP contribution in [0.3, 0.4) is 0 Å². The summed E-state index contributed by atoms with van der Waals surface area (Å²) in [5, 5.41) is 24.1. The van der Waals surface area contributed by atoms with E-state index < -0.39 is 28.7 Å². The lowest BCUT2D eigenvalue weighted by atomic mass is 9.84. The van der Waals surface area contributed by atoms with Crippen LogP contribution < -0.4 is 15.8 Å². The highest BCUT2D eigenvalue weighted by Gasteiger charge is 2.53. The van der Waals surface area contributed by atoms with Crippen LogP contribution in [0.5, 0.6) is 0 Å². The predicted octanol–water partition coefficient (Wildman–Crippen LogP) is 6.58. The van der Waals surface area contributed by atoms with Gasteiger partial charge in [0.25, 0.3) is 0 Å². The maximum Gasteiger partial charge on any atom is 0.423 e.